The smallest absolute Gasteiger partial charge is 0.351 e. The van der Waals surface area contributed by atoms with Crippen LogP contribution in [0, 0.1) is 0 Å². The number of ketones is 1. The molecule has 5 N–H and O–H groups in total. The highest BCUT2D eigenvalue weighted by atomic mass is 16.6. The number of unbranched alkanes of at least 4 members (excludes halogenated alkanes) is 2. The molecule has 1 aromatic heterocycles. The zero-order valence-electron chi connectivity index (χ0n) is 15.3. The van der Waals surface area contributed by atoms with E-state index in [2.05, 4.69) is 4.98 Å². The second-order valence-electron chi connectivity index (χ2n) is 6.53. The van der Waals surface area contributed by atoms with Crippen LogP contribution in [-0.2, 0) is 19.1 Å². The van der Waals surface area contributed by atoms with Gasteiger partial charge in [-0.05, 0) is 18.9 Å². The molecule has 1 aromatic rings. The van der Waals surface area contributed by atoms with Gasteiger partial charge in [-0.1, -0.05) is 6.42 Å². The van der Waals surface area contributed by atoms with Gasteiger partial charge in [0.15, 0.2) is 12.0 Å². The molecule has 1 aliphatic rings. The summed E-state index contributed by atoms with van der Waals surface area (Å²) >= 11 is 0. The highest BCUT2D eigenvalue weighted by molar-refractivity contribution is 5.79. The molecule has 0 amide bonds. The molecular formula is C17H25N3O8. The average molecular weight is 399 g/mol. The van der Waals surface area contributed by atoms with Crippen molar-refractivity contribution in [1.29, 1.82) is 0 Å². The minimum absolute atomic E-state index is 0.0143. The van der Waals surface area contributed by atoms with Crippen molar-refractivity contribution < 1.29 is 34.4 Å². The number of hydrogen-bond acceptors (Lipinski definition) is 10. The third-order valence-electron chi connectivity index (χ3n) is 4.38. The van der Waals surface area contributed by atoms with Gasteiger partial charge >= 0.3 is 11.7 Å². The summed E-state index contributed by atoms with van der Waals surface area (Å²) in [6, 6.07) is 1.35. The number of carbonyl (C=O) groups excluding carboxylic acids is 2. The summed E-state index contributed by atoms with van der Waals surface area (Å²) in [7, 11) is 0. The quantitative estimate of drug-likeness (QED) is 0.268. The number of nitrogen functional groups attached to an aromatic ring is 1. The monoisotopic (exact) mass is 399 g/mol. The van der Waals surface area contributed by atoms with E-state index in [0.717, 1.165) is 4.57 Å². The number of aromatic nitrogens is 2. The van der Waals surface area contributed by atoms with Gasteiger partial charge in [-0.2, -0.15) is 4.98 Å². The second kappa shape index (κ2) is 10.3. The van der Waals surface area contributed by atoms with Crippen LogP contribution in [0.15, 0.2) is 17.1 Å². The van der Waals surface area contributed by atoms with Gasteiger partial charge in [0.1, 0.15) is 37.3 Å². The van der Waals surface area contributed by atoms with Crippen molar-refractivity contribution in [2.75, 3.05) is 18.9 Å². The number of anilines is 1. The number of aliphatic hydroxyl groups is 3. The molecule has 4 atom stereocenters. The van der Waals surface area contributed by atoms with Crippen LogP contribution in [0.25, 0.3) is 0 Å². The minimum Gasteiger partial charge on any atom is -0.463 e. The second-order valence-corrected chi connectivity index (χ2v) is 6.53. The maximum atomic E-state index is 11.9. The summed E-state index contributed by atoms with van der Waals surface area (Å²) in [4.78, 5) is 38.1. The lowest BCUT2D eigenvalue weighted by atomic mass is 10.1. The average Bonchev–Trinajstić information content (AvgIpc) is 2.94. The summed E-state index contributed by atoms with van der Waals surface area (Å²) in [5, 5.41) is 28.8. The fourth-order valence-electron chi connectivity index (χ4n) is 2.81. The summed E-state index contributed by atoms with van der Waals surface area (Å²) < 4.78 is 11.5. The first kappa shape index (κ1) is 22.0. The third kappa shape index (κ3) is 5.83. The highest BCUT2D eigenvalue weighted by Gasteiger charge is 2.44. The van der Waals surface area contributed by atoms with E-state index in [1.54, 1.807) is 0 Å². The number of nitrogens with zero attached hydrogens (tertiary/aromatic N) is 2. The molecule has 0 aliphatic carbocycles. The van der Waals surface area contributed by atoms with Crippen LogP contribution < -0.4 is 11.4 Å². The Kier molecular flexibility index (Phi) is 8.05. The fraction of sp³-hybridized carbons (Fsp3) is 0.647. The van der Waals surface area contributed by atoms with Crippen molar-refractivity contribution in [3.8, 4) is 0 Å². The van der Waals surface area contributed by atoms with E-state index < -0.39 is 42.8 Å². The molecule has 0 spiro atoms. The molecule has 11 heteroatoms. The Hall–Kier alpha value is -2.34. The lowest BCUT2D eigenvalue weighted by Crippen LogP contribution is -2.36. The Balaban J connectivity index is 1.77. The van der Waals surface area contributed by atoms with Gasteiger partial charge in [0, 0.05) is 19.0 Å². The van der Waals surface area contributed by atoms with Crippen molar-refractivity contribution in [1.82, 2.24) is 9.55 Å². The molecule has 28 heavy (non-hydrogen) atoms. The van der Waals surface area contributed by atoms with Crippen LogP contribution in [0.5, 0.6) is 0 Å². The summed E-state index contributed by atoms with van der Waals surface area (Å²) in [6.45, 7) is -0.759. The normalized spacial score (nSPS) is 24.2. The van der Waals surface area contributed by atoms with E-state index >= 15 is 0 Å². The van der Waals surface area contributed by atoms with Crippen molar-refractivity contribution in [2.24, 2.45) is 0 Å². The Morgan fingerprint density at radius 3 is 2.61 bits per heavy atom. The third-order valence-corrected chi connectivity index (χ3v) is 4.38. The maximum absolute atomic E-state index is 11.9. The highest BCUT2D eigenvalue weighted by Crippen LogP contribution is 2.28. The molecular weight excluding hydrogens is 374 g/mol. The molecule has 1 aliphatic heterocycles. The van der Waals surface area contributed by atoms with E-state index in [4.69, 9.17) is 20.3 Å². The first-order chi connectivity index (χ1) is 13.3. The van der Waals surface area contributed by atoms with Crippen LogP contribution in [-0.4, -0.2) is 68.1 Å². The van der Waals surface area contributed by atoms with E-state index in [9.17, 15) is 24.6 Å². The Bertz CT molecular complexity index is 737. The number of ether oxygens (including phenoxy) is 2. The Labute approximate surface area is 160 Å². The summed E-state index contributed by atoms with van der Waals surface area (Å²) in [5.74, 6) is -0.729. The van der Waals surface area contributed by atoms with E-state index in [1.807, 2.05) is 0 Å². The van der Waals surface area contributed by atoms with Crippen LogP contribution in [0.2, 0.25) is 0 Å². The Morgan fingerprint density at radius 1 is 1.21 bits per heavy atom. The van der Waals surface area contributed by atoms with Crippen molar-refractivity contribution in [3.63, 3.8) is 0 Å². The number of hydrogen-bond donors (Lipinski definition) is 4. The van der Waals surface area contributed by atoms with Crippen molar-refractivity contribution in [2.45, 2.75) is 56.6 Å². The standard InChI is InChI=1S/C17H25N3O8/c18-12-6-7-20(17(26)19-12)16-15(25)14(24)11(28-16)9-27-13(23)5-3-1-2-4-10(22)8-21/h6-7,11,14-16,21,24-25H,1-5,8-9H2,(H2,18,19,26)/t11-,14-,15+,16-/m1/s1. The lowest BCUT2D eigenvalue weighted by molar-refractivity contribution is -0.150. The number of nitrogens with two attached hydrogens (primary N) is 1. The Morgan fingerprint density at radius 2 is 1.93 bits per heavy atom. The predicted octanol–water partition coefficient (Wildman–Crippen LogP) is -1.50. The largest absolute Gasteiger partial charge is 0.463 e. The van der Waals surface area contributed by atoms with Gasteiger partial charge < -0.3 is 30.5 Å². The lowest BCUT2D eigenvalue weighted by Gasteiger charge is -2.16. The number of Topliss-reactive ketones (excluding diaryl/α,β-unsaturated/α-hetero) is 1. The minimum atomic E-state index is -1.41. The van der Waals surface area contributed by atoms with Gasteiger partial charge in [0.05, 0.1) is 0 Å². The number of esters is 1. The first-order valence-corrected chi connectivity index (χ1v) is 8.98. The maximum Gasteiger partial charge on any atom is 0.351 e. The van der Waals surface area contributed by atoms with Gasteiger partial charge in [0.2, 0.25) is 0 Å². The van der Waals surface area contributed by atoms with Gasteiger partial charge in [-0.25, -0.2) is 4.79 Å². The van der Waals surface area contributed by atoms with Crippen LogP contribution in [0.1, 0.15) is 38.3 Å². The molecule has 1 fully saturated rings. The molecule has 2 heterocycles. The molecule has 0 unspecified atom stereocenters. The number of aliphatic hydroxyl groups excluding tert-OH is 3. The SMILES string of the molecule is Nc1ccn([C@@H]2O[C@H](COC(=O)CCCCCC(=O)CO)[C@@H](O)[C@@H]2O)c(=O)n1. The summed E-state index contributed by atoms with van der Waals surface area (Å²) in [5.41, 5.74) is 4.67. The summed E-state index contributed by atoms with van der Waals surface area (Å²) in [6.07, 6.45) is -1.52. The zero-order valence-corrected chi connectivity index (χ0v) is 15.3. The van der Waals surface area contributed by atoms with Crippen LogP contribution >= 0.6 is 0 Å². The van der Waals surface area contributed by atoms with E-state index in [1.165, 1.54) is 12.3 Å². The predicted molar refractivity (Wildman–Crippen MR) is 95.0 cm³/mol. The van der Waals surface area contributed by atoms with Crippen molar-refractivity contribution >= 4 is 17.6 Å². The van der Waals surface area contributed by atoms with Gasteiger partial charge in [-0.3, -0.25) is 14.2 Å². The topological polar surface area (TPSA) is 174 Å². The fourth-order valence-corrected chi connectivity index (χ4v) is 2.81. The molecule has 11 nitrogen and oxygen atoms in total. The first-order valence-electron chi connectivity index (χ1n) is 8.98. The van der Waals surface area contributed by atoms with Crippen LogP contribution in [0.4, 0.5) is 5.82 Å². The molecule has 1 saturated heterocycles. The van der Waals surface area contributed by atoms with Gasteiger partial charge in [0.25, 0.3) is 0 Å². The number of rotatable bonds is 10. The molecule has 156 valence electrons. The van der Waals surface area contributed by atoms with Crippen LogP contribution in [0.3, 0.4) is 0 Å². The molecule has 0 bridgehead atoms. The van der Waals surface area contributed by atoms with Gasteiger partial charge in [-0.15, -0.1) is 0 Å². The molecule has 2 rings (SSSR count). The zero-order chi connectivity index (χ0) is 20.7. The van der Waals surface area contributed by atoms with E-state index in [-0.39, 0.29) is 31.0 Å². The molecule has 0 aromatic carbocycles. The van der Waals surface area contributed by atoms with E-state index in [0.29, 0.717) is 19.3 Å². The molecule has 0 saturated carbocycles. The molecule has 0 radical (unpaired) electrons. The van der Waals surface area contributed by atoms with Crippen molar-refractivity contribution in [3.05, 3.63) is 22.7 Å². The number of carbonyl (C=O) groups is 2.